The Balaban J connectivity index is 1.44. The molecule has 5 rings (SSSR count). The van der Waals surface area contributed by atoms with Crippen molar-refractivity contribution in [3.63, 3.8) is 0 Å². The number of benzene rings is 1. The number of nitrogens with zero attached hydrogens (tertiary/aromatic N) is 2. The number of hydrogen-bond acceptors (Lipinski definition) is 6. The quantitative estimate of drug-likeness (QED) is 0.427. The van der Waals surface area contributed by atoms with Gasteiger partial charge in [-0.3, -0.25) is 0 Å². The summed E-state index contributed by atoms with van der Waals surface area (Å²) in [6, 6.07) is 1.11. The first kappa shape index (κ1) is 27.5. The van der Waals surface area contributed by atoms with Crippen molar-refractivity contribution in [2.75, 3.05) is 20.3 Å². The van der Waals surface area contributed by atoms with Crippen LogP contribution in [-0.4, -0.2) is 60.1 Å². The van der Waals surface area contributed by atoms with Gasteiger partial charge in [0.05, 0.1) is 19.2 Å². The van der Waals surface area contributed by atoms with Gasteiger partial charge in [-0.05, 0) is 81.9 Å². The van der Waals surface area contributed by atoms with E-state index in [-0.39, 0.29) is 12.5 Å². The predicted octanol–water partition coefficient (Wildman–Crippen LogP) is 5.47. The molecule has 2 N–H and O–H groups in total. The number of fused-ring (bicyclic) bond motifs is 1. The predicted molar refractivity (Wildman–Crippen MR) is 135 cm³/mol. The Hall–Kier alpha value is -3.02. The van der Waals surface area contributed by atoms with E-state index in [1.807, 2.05) is 5.32 Å². The van der Waals surface area contributed by atoms with Crippen LogP contribution in [0.25, 0.3) is 11.1 Å². The fourth-order valence-electron chi connectivity index (χ4n) is 5.49. The Morgan fingerprint density at radius 2 is 1.87 bits per heavy atom. The number of nitrogens with one attached hydrogen (secondary N) is 2. The third kappa shape index (κ3) is 6.26. The highest BCUT2D eigenvalue weighted by molar-refractivity contribution is 5.78. The molecule has 3 fully saturated rings. The van der Waals surface area contributed by atoms with Crippen molar-refractivity contribution in [1.82, 2.24) is 20.5 Å². The molecule has 0 radical (unpaired) electrons. The molecule has 3 atom stereocenters. The molecule has 2 saturated carbocycles. The molecule has 2 heterocycles. The fourth-order valence-corrected chi connectivity index (χ4v) is 5.49. The van der Waals surface area contributed by atoms with E-state index in [1.54, 1.807) is 39.0 Å². The topological polar surface area (TPSA) is 106 Å². The van der Waals surface area contributed by atoms with Crippen LogP contribution >= 0.6 is 0 Å². The Morgan fingerprint density at radius 1 is 1.21 bits per heavy atom. The average molecular weight is 553 g/mol. The van der Waals surface area contributed by atoms with Gasteiger partial charge in [0.2, 0.25) is 5.89 Å². The first-order valence-electron chi connectivity index (χ1n) is 13.4. The summed E-state index contributed by atoms with van der Waals surface area (Å²) in [5, 5.41) is 5.02. The number of carbonyl (C=O) groups is 2. The maximum Gasteiger partial charge on any atom is 0.410 e. The molecule has 214 valence electrons. The fraction of sp³-hybridized carbons (Fsp3) is 0.667. The second-order valence-corrected chi connectivity index (χ2v) is 11.8. The zero-order valence-corrected chi connectivity index (χ0v) is 22.5. The zero-order valence-electron chi connectivity index (χ0n) is 22.5. The van der Waals surface area contributed by atoms with Crippen LogP contribution in [0.3, 0.4) is 0 Å². The summed E-state index contributed by atoms with van der Waals surface area (Å²) in [6.45, 7) is 4.88. The number of oxazole rings is 1. The second-order valence-electron chi connectivity index (χ2n) is 11.8. The maximum absolute atomic E-state index is 13.3. The number of rotatable bonds is 9. The first-order chi connectivity index (χ1) is 18.3. The van der Waals surface area contributed by atoms with Gasteiger partial charge in [0.1, 0.15) is 23.2 Å². The van der Waals surface area contributed by atoms with Crippen molar-refractivity contribution in [3.8, 4) is 0 Å². The highest BCUT2D eigenvalue weighted by Gasteiger charge is 2.49. The monoisotopic (exact) mass is 552 g/mol. The lowest BCUT2D eigenvalue weighted by atomic mass is 9.89. The van der Waals surface area contributed by atoms with Crippen LogP contribution in [0.4, 0.5) is 22.8 Å². The Kier molecular flexibility index (Phi) is 7.19. The number of carbonyl (C=O) groups excluding carboxylic acids is 2. The lowest BCUT2D eigenvalue weighted by molar-refractivity contribution is -0.150. The molecule has 12 heteroatoms. The number of hydrogen-bond donors (Lipinski definition) is 2. The summed E-state index contributed by atoms with van der Waals surface area (Å²) < 4.78 is 56.8. The molecule has 3 aliphatic rings. The van der Waals surface area contributed by atoms with E-state index in [2.05, 4.69) is 5.32 Å². The lowest BCUT2D eigenvalue weighted by Crippen LogP contribution is -2.40. The van der Waals surface area contributed by atoms with Gasteiger partial charge in [0.25, 0.3) is 0 Å². The average Bonchev–Trinajstić information content (AvgIpc) is 3.76. The third-order valence-corrected chi connectivity index (χ3v) is 7.50. The SMILES string of the molecule is COC[C@@H](c1ccc2oc([C@@H](NC(=O)OC(C)(C)C)C(C3CC3)C3CC3)nc2c1)N1C[C@@H](C(F)(F)F)NC1=O. The second kappa shape index (κ2) is 10.2. The minimum absolute atomic E-state index is 0.00245. The van der Waals surface area contributed by atoms with Crippen molar-refractivity contribution < 1.29 is 36.7 Å². The van der Waals surface area contributed by atoms with Gasteiger partial charge in [-0.25, -0.2) is 14.6 Å². The largest absolute Gasteiger partial charge is 0.444 e. The molecule has 1 aliphatic heterocycles. The standard InChI is InChI=1S/C27H35F3N4O5/c1-26(2,3)39-25(36)33-22(21(14-5-6-14)15-7-8-15)23-31-17-11-16(9-10-19(17)38-23)18(13-37-4)34-12-20(27(28,29)30)32-24(34)35/h9-11,14-15,18,20-22H,5-8,12-13H2,1-4H3,(H,32,35)(H,33,36)/t18-,20-,22-/m0/s1. The molecule has 1 saturated heterocycles. The van der Waals surface area contributed by atoms with Gasteiger partial charge < -0.3 is 29.4 Å². The van der Waals surface area contributed by atoms with Crippen LogP contribution in [0.2, 0.25) is 0 Å². The number of alkyl halides is 3. The molecule has 2 aliphatic carbocycles. The van der Waals surface area contributed by atoms with Crippen LogP contribution in [0, 0.1) is 17.8 Å². The summed E-state index contributed by atoms with van der Waals surface area (Å²) in [4.78, 5) is 31.1. The summed E-state index contributed by atoms with van der Waals surface area (Å²) in [5.74, 6) is 1.50. The molecule has 0 spiro atoms. The Bertz CT molecular complexity index is 1210. The highest BCUT2D eigenvalue weighted by Crippen LogP contribution is 2.54. The molecular weight excluding hydrogens is 517 g/mol. The summed E-state index contributed by atoms with van der Waals surface area (Å²) >= 11 is 0. The molecule has 9 nitrogen and oxygen atoms in total. The summed E-state index contributed by atoms with van der Waals surface area (Å²) in [5.41, 5.74) is 0.866. The molecule has 39 heavy (non-hydrogen) atoms. The van der Waals surface area contributed by atoms with E-state index in [0.717, 1.165) is 30.6 Å². The number of methoxy groups -OCH3 is 1. The molecule has 3 amide bonds. The van der Waals surface area contributed by atoms with E-state index in [9.17, 15) is 22.8 Å². The van der Waals surface area contributed by atoms with Gasteiger partial charge in [-0.2, -0.15) is 13.2 Å². The smallest absolute Gasteiger partial charge is 0.410 e. The van der Waals surface area contributed by atoms with Gasteiger partial charge in [0.15, 0.2) is 5.58 Å². The van der Waals surface area contributed by atoms with Gasteiger partial charge in [0, 0.05) is 7.11 Å². The van der Waals surface area contributed by atoms with E-state index < -0.39 is 48.6 Å². The minimum Gasteiger partial charge on any atom is -0.444 e. The number of aromatic nitrogens is 1. The van der Waals surface area contributed by atoms with Crippen molar-refractivity contribution in [2.24, 2.45) is 17.8 Å². The summed E-state index contributed by atoms with van der Waals surface area (Å²) in [7, 11) is 1.43. The number of amides is 3. The van der Waals surface area contributed by atoms with Gasteiger partial charge in [-0.15, -0.1) is 0 Å². The van der Waals surface area contributed by atoms with Crippen LogP contribution < -0.4 is 10.6 Å². The lowest BCUT2D eigenvalue weighted by Gasteiger charge is -2.27. The Morgan fingerprint density at radius 3 is 2.41 bits per heavy atom. The number of ether oxygens (including phenoxy) is 2. The van der Waals surface area contributed by atoms with E-state index in [4.69, 9.17) is 18.9 Å². The van der Waals surface area contributed by atoms with Crippen LogP contribution in [0.5, 0.6) is 0 Å². The summed E-state index contributed by atoms with van der Waals surface area (Å²) in [6.07, 6.45) is -0.730. The van der Waals surface area contributed by atoms with Crippen molar-refractivity contribution in [1.29, 1.82) is 0 Å². The highest BCUT2D eigenvalue weighted by atomic mass is 19.4. The number of urea groups is 1. The zero-order chi connectivity index (χ0) is 28.1. The van der Waals surface area contributed by atoms with Crippen LogP contribution in [-0.2, 0) is 9.47 Å². The van der Waals surface area contributed by atoms with Gasteiger partial charge in [-0.1, -0.05) is 6.07 Å². The van der Waals surface area contributed by atoms with E-state index in [0.29, 0.717) is 34.4 Å². The van der Waals surface area contributed by atoms with Crippen LogP contribution in [0.15, 0.2) is 22.6 Å². The molecule has 1 aromatic carbocycles. The maximum atomic E-state index is 13.3. The van der Waals surface area contributed by atoms with E-state index >= 15 is 0 Å². The number of halogens is 3. The molecule has 0 bridgehead atoms. The molecular formula is C27H35F3N4O5. The third-order valence-electron chi connectivity index (χ3n) is 7.50. The van der Waals surface area contributed by atoms with Crippen molar-refractivity contribution in [2.45, 2.75) is 76.4 Å². The molecule has 1 aromatic heterocycles. The van der Waals surface area contributed by atoms with Crippen molar-refractivity contribution in [3.05, 3.63) is 29.7 Å². The normalized spacial score (nSPS) is 21.8. The first-order valence-corrected chi connectivity index (χ1v) is 13.4. The molecule has 2 aromatic rings. The van der Waals surface area contributed by atoms with Gasteiger partial charge >= 0.3 is 18.3 Å². The van der Waals surface area contributed by atoms with E-state index in [1.165, 1.54) is 7.11 Å². The minimum atomic E-state index is -4.55. The van der Waals surface area contributed by atoms with Crippen LogP contribution in [0.1, 0.15) is 70.0 Å². The molecule has 0 unspecified atom stereocenters. The van der Waals surface area contributed by atoms with Crippen molar-refractivity contribution >= 4 is 23.2 Å². The number of alkyl carbamates (subject to hydrolysis) is 1. The Labute approximate surface area is 224 Å².